The monoisotopic (exact) mass is 290 g/mol. The molecule has 2 unspecified atom stereocenters. The Labute approximate surface area is 126 Å². The van der Waals surface area contributed by atoms with E-state index in [-0.39, 0.29) is 11.9 Å². The van der Waals surface area contributed by atoms with Crippen LogP contribution in [0.5, 0.6) is 0 Å². The van der Waals surface area contributed by atoms with Crippen LogP contribution in [-0.4, -0.2) is 22.1 Å². The highest BCUT2D eigenvalue weighted by Gasteiger charge is 2.33. The van der Waals surface area contributed by atoms with Crippen LogP contribution in [0.25, 0.3) is 0 Å². The number of hydrogen-bond acceptors (Lipinski definition) is 3. The van der Waals surface area contributed by atoms with Gasteiger partial charge in [-0.05, 0) is 37.5 Å². The van der Waals surface area contributed by atoms with Gasteiger partial charge in [0.2, 0.25) is 0 Å². The van der Waals surface area contributed by atoms with Crippen molar-refractivity contribution in [1.82, 2.24) is 15.5 Å². The predicted octanol–water partition coefficient (Wildman–Crippen LogP) is 2.81. The number of nitrogens with zero attached hydrogens (tertiary/aromatic N) is 1. The molecule has 0 aliphatic heterocycles. The Morgan fingerprint density at radius 2 is 2.00 bits per heavy atom. The summed E-state index contributed by atoms with van der Waals surface area (Å²) in [7, 11) is 0. The first-order valence-electron chi connectivity index (χ1n) is 8.22. The van der Waals surface area contributed by atoms with E-state index in [0.29, 0.717) is 29.1 Å². The summed E-state index contributed by atoms with van der Waals surface area (Å²) in [6, 6.07) is 0.256. The van der Waals surface area contributed by atoms with Crippen LogP contribution >= 0.6 is 0 Å². The number of aromatic nitrogens is 2. The van der Waals surface area contributed by atoms with Gasteiger partial charge in [-0.2, -0.15) is 5.10 Å². The van der Waals surface area contributed by atoms with Crippen LogP contribution in [0.1, 0.15) is 74.5 Å². The summed E-state index contributed by atoms with van der Waals surface area (Å²) in [4.78, 5) is 12.5. The normalized spacial score (nSPS) is 26.0. The van der Waals surface area contributed by atoms with Crippen molar-refractivity contribution in [2.24, 2.45) is 11.8 Å². The van der Waals surface area contributed by atoms with Crippen molar-refractivity contribution in [3.8, 4) is 0 Å². The van der Waals surface area contributed by atoms with Crippen molar-refractivity contribution < 1.29 is 4.79 Å². The standard InChI is InChI=1S/C16H26N4O/c1-9(2)11-5-3-4-6-12(11)18-16(21)15-13(17)14(19-20-15)10-7-8-10/h9-12H,3-8,17H2,1-2H3,(H,18,21)(H,19,20). The van der Waals surface area contributed by atoms with E-state index in [2.05, 4.69) is 29.4 Å². The number of anilines is 1. The Balaban J connectivity index is 1.70. The molecule has 0 saturated heterocycles. The molecule has 1 amide bonds. The first-order chi connectivity index (χ1) is 10.1. The molecule has 0 aromatic carbocycles. The molecule has 21 heavy (non-hydrogen) atoms. The lowest BCUT2D eigenvalue weighted by molar-refractivity contribution is 0.0885. The summed E-state index contributed by atoms with van der Waals surface area (Å²) < 4.78 is 0. The number of nitrogens with two attached hydrogens (primary N) is 1. The first-order valence-corrected chi connectivity index (χ1v) is 8.22. The molecule has 2 aliphatic carbocycles. The molecule has 5 heteroatoms. The van der Waals surface area contributed by atoms with Crippen LogP contribution in [0, 0.1) is 11.8 Å². The van der Waals surface area contributed by atoms with Gasteiger partial charge < -0.3 is 11.1 Å². The first kappa shape index (κ1) is 14.4. The number of nitrogen functional groups attached to an aromatic ring is 1. The molecular formula is C16H26N4O. The SMILES string of the molecule is CC(C)C1CCCCC1NC(=O)c1n[nH]c(C2CC2)c1N. The molecule has 2 saturated carbocycles. The second-order valence-electron chi connectivity index (χ2n) is 6.95. The number of nitrogens with one attached hydrogen (secondary N) is 2. The van der Waals surface area contributed by atoms with Crippen molar-refractivity contribution in [3.05, 3.63) is 11.4 Å². The summed E-state index contributed by atoms with van der Waals surface area (Å²) in [6.07, 6.45) is 7.01. The quantitative estimate of drug-likeness (QED) is 0.797. The number of carbonyl (C=O) groups is 1. The van der Waals surface area contributed by atoms with Crippen LogP contribution in [-0.2, 0) is 0 Å². The fourth-order valence-electron chi connectivity index (χ4n) is 3.59. The maximum Gasteiger partial charge on any atom is 0.274 e. The highest BCUT2D eigenvalue weighted by molar-refractivity contribution is 5.98. The van der Waals surface area contributed by atoms with E-state index in [1.54, 1.807) is 0 Å². The number of carbonyl (C=O) groups excluding carboxylic acids is 1. The topological polar surface area (TPSA) is 83.8 Å². The van der Waals surface area contributed by atoms with E-state index in [1.807, 2.05) is 0 Å². The second-order valence-corrected chi connectivity index (χ2v) is 6.95. The minimum Gasteiger partial charge on any atom is -0.395 e. The third-order valence-corrected chi connectivity index (χ3v) is 5.03. The van der Waals surface area contributed by atoms with Crippen molar-refractivity contribution >= 4 is 11.6 Å². The number of amides is 1. The molecule has 5 nitrogen and oxygen atoms in total. The average Bonchev–Trinajstić information content (AvgIpc) is 3.22. The summed E-state index contributed by atoms with van der Waals surface area (Å²) >= 11 is 0. The molecule has 2 aliphatic rings. The Bertz CT molecular complexity index is 518. The highest BCUT2D eigenvalue weighted by atomic mass is 16.2. The van der Waals surface area contributed by atoms with Gasteiger partial charge in [-0.1, -0.05) is 26.7 Å². The zero-order valence-electron chi connectivity index (χ0n) is 13.0. The maximum absolute atomic E-state index is 12.5. The second kappa shape index (κ2) is 5.70. The van der Waals surface area contributed by atoms with Gasteiger partial charge in [-0.15, -0.1) is 0 Å². The summed E-state index contributed by atoms with van der Waals surface area (Å²) in [5, 5.41) is 10.3. The number of rotatable bonds is 4. The predicted molar refractivity (Wildman–Crippen MR) is 83.0 cm³/mol. The van der Waals surface area contributed by atoms with E-state index in [9.17, 15) is 4.79 Å². The van der Waals surface area contributed by atoms with E-state index < -0.39 is 0 Å². The molecule has 1 aromatic heterocycles. The third kappa shape index (κ3) is 2.92. The number of aromatic amines is 1. The molecule has 1 heterocycles. The molecule has 4 N–H and O–H groups in total. The Morgan fingerprint density at radius 1 is 1.29 bits per heavy atom. The van der Waals surface area contributed by atoms with Gasteiger partial charge in [0.05, 0.1) is 11.4 Å². The van der Waals surface area contributed by atoms with Gasteiger partial charge >= 0.3 is 0 Å². The fraction of sp³-hybridized carbons (Fsp3) is 0.750. The minimum absolute atomic E-state index is 0.117. The molecule has 2 atom stereocenters. The van der Waals surface area contributed by atoms with E-state index >= 15 is 0 Å². The van der Waals surface area contributed by atoms with E-state index in [1.165, 1.54) is 19.3 Å². The van der Waals surface area contributed by atoms with Gasteiger partial charge in [-0.25, -0.2) is 0 Å². The molecule has 116 valence electrons. The molecule has 2 fully saturated rings. The van der Waals surface area contributed by atoms with E-state index in [4.69, 9.17) is 5.73 Å². The molecule has 0 radical (unpaired) electrons. The van der Waals surface area contributed by atoms with Crippen molar-refractivity contribution in [2.75, 3.05) is 5.73 Å². The van der Waals surface area contributed by atoms with Crippen LogP contribution in [0.4, 0.5) is 5.69 Å². The van der Waals surface area contributed by atoms with Crippen LogP contribution in [0.15, 0.2) is 0 Å². The fourth-order valence-corrected chi connectivity index (χ4v) is 3.59. The highest BCUT2D eigenvalue weighted by Crippen LogP contribution is 2.42. The van der Waals surface area contributed by atoms with Gasteiger partial charge in [0.1, 0.15) is 0 Å². The zero-order valence-corrected chi connectivity index (χ0v) is 13.0. The smallest absolute Gasteiger partial charge is 0.274 e. The Kier molecular flexibility index (Phi) is 3.91. The Hall–Kier alpha value is -1.52. The summed E-state index contributed by atoms with van der Waals surface area (Å²) in [5.74, 6) is 1.52. The van der Waals surface area contributed by atoms with Crippen molar-refractivity contribution in [3.63, 3.8) is 0 Å². The van der Waals surface area contributed by atoms with Crippen LogP contribution in [0.3, 0.4) is 0 Å². The lowest BCUT2D eigenvalue weighted by Crippen LogP contribution is -2.44. The minimum atomic E-state index is -0.117. The van der Waals surface area contributed by atoms with Crippen LogP contribution < -0.4 is 11.1 Å². The van der Waals surface area contributed by atoms with E-state index in [0.717, 1.165) is 25.0 Å². The van der Waals surface area contributed by atoms with Gasteiger partial charge in [0.15, 0.2) is 5.69 Å². The number of H-pyrrole nitrogens is 1. The summed E-state index contributed by atoms with van der Waals surface area (Å²) in [5.41, 5.74) is 7.97. The molecule has 1 aromatic rings. The van der Waals surface area contributed by atoms with Crippen LogP contribution in [0.2, 0.25) is 0 Å². The summed E-state index contributed by atoms with van der Waals surface area (Å²) in [6.45, 7) is 4.48. The molecular weight excluding hydrogens is 264 g/mol. The molecule has 0 spiro atoms. The zero-order chi connectivity index (χ0) is 15.0. The largest absolute Gasteiger partial charge is 0.395 e. The lowest BCUT2D eigenvalue weighted by Gasteiger charge is -2.34. The van der Waals surface area contributed by atoms with Crippen molar-refractivity contribution in [1.29, 1.82) is 0 Å². The van der Waals surface area contributed by atoms with Crippen molar-refractivity contribution in [2.45, 2.75) is 64.3 Å². The average molecular weight is 290 g/mol. The molecule has 3 rings (SSSR count). The Morgan fingerprint density at radius 3 is 2.67 bits per heavy atom. The lowest BCUT2D eigenvalue weighted by atomic mass is 9.78. The van der Waals surface area contributed by atoms with Gasteiger partial charge in [-0.3, -0.25) is 9.89 Å². The maximum atomic E-state index is 12.5. The third-order valence-electron chi connectivity index (χ3n) is 5.03. The molecule has 0 bridgehead atoms. The van der Waals surface area contributed by atoms with Gasteiger partial charge in [0, 0.05) is 12.0 Å². The number of hydrogen-bond donors (Lipinski definition) is 3. The van der Waals surface area contributed by atoms with Gasteiger partial charge in [0.25, 0.3) is 5.91 Å².